The molecule has 3 aromatic heterocycles. The minimum Gasteiger partial charge on any atom is -0.431 e. The molecule has 0 aliphatic heterocycles. The Morgan fingerprint density at radius 1 is 1.03 bits per heavy atom. The molecule has 39 heavy (non-hydrogen) atoms. The molecule has 14 heteroatoms. The Bertz CT molecular complexity index is 1740. The number of aromatic nitrogens is 6. The molecule has 1 N–H and O–H groups in total. The van der Waals surface area contributed by atoms with Crippen molar-refractivity contribution in [3.8, 4) is 28.5 Å². The second-order valence-electron chi connectivity index (χ2n) is 8.62. The quantitative estimate of drug-likeness (QED) is 0.299. The van der Waals surface area contributed by atoms with Crippen LogP contribution in [0.15, 0.2) is 54.9 Å². The van der Waals surface area contributed by atoms with Crippen LogP contribution in [0.5, 0.6) is 5.75 Å². The van der Waals surface area contributed by atoms with Gasteiger partial charge in [0.25, 0.3) is 0 Å². The van der Waals surface area contributed by atoms with Crippen LogP contribution in [-0.2, 0) is 26.8 Å². The number of ether oxygens (including phenoxy) is 1. The van der Waals surface area contributed by atoms with Crippen LogP contribution in [0.4, 0.5) is 26.3 Å². The lowest BCUT2D eigenvalue weighted by molar-refractivity contribution is -0.140. The zero-order valence-electron chi connectivity index (χ0n) is 20.3. The van der Waals surface area contributed by atoms with Gasteiger partial charge in [0.05, 0.1) is 18.3 Å². The van der Waals surface area contributed by atoms with Crippen LogP contribution in [0, 0.1) is 11.2 Å². The van der Waals surface area contributed by atoms with Crippen LogP contribution >= 0.6 is 0 Å². The van der Waals surface area contributed by atoms with E-state index in [4.69, 9.17) is 5.41 Å². The van der Waals surface area contributed by atoms with Crippen molar-refractivity contribution in [2.75, 3.05) is 0 Å². The standard InChI is InChI=1S/C25H19F6N7O/c1-36-12-18(25(29,30)31)34-21(36)14-8-6-13(7-9-14)11-38-22-17(37(2)24(38)32)10-33-20(35-22)15-4-3-5-16(26)19(15)39-23(27)28/h3-10,12,23,32H,11H2,1-2H3. The van der Waals surface area contributed by atoms with Gasteiger partial charge in [0.1, 0.15) is 11.3 Å². The largest absolute Gasteiger partial charge is 0.434 e. The van der Waals surface area contributed by atoms with Gasteiger partial charge in [-0.1, -0.05) is 30.3 Å². The van der Waals surface area contributed by atoms with Gasteiger partial charge in [-0.2, -0.15) is 22.0 Å². The number of imidazole rings is 2. The molecule has 5 rings (SSSR count). The molecule has 0 bridgehead atoms. The van der Waals surface area contributed by atoms with E-state index in [1.54, 1.807) is 31.3 Å². The summed E-state index contributed by atoms with van der Waals surface area (Å²) in [6.07, 6.45) is -2.26. The second-order valence-corrected chi connectivity index (χ2v) is 8.62. The number of nitrogens with zero attached hydrogens (tertiary/aromatic N) is 6. The molecule has 0 atom stereocenters. The molecule has 0 amide bonds. The Kier molecular flexibility index (Phi) is 6.40. The molecule has 8 nitrogen and oxygen atoms in total. The molecule has 0 spiro atoms. The van der Waals surface area contributed by atoms with Gasteiger partial charge in [0.2, 0.25) is 5.62 Å². The molecule has 202 valence electrons. The number of alkyl halides is 5. The first-order chi connectivity index (χ1) is 18.4. The summed E-state index contributed by atoms with van der Waals surface area (Å²) >= 11 is 0. The second kappa shape index (κ2) is 9.60. The van der Waals surface area contributed by atoms with E-state index in [1.807, 2.05) is 0 Å². The SMILES string of the molecule is Cn1cc(C(F)(F)F)nc1-c1ccc(Cn2c(=N)n(C)c3cnc(-c4cccc(F)c4OC(F)F)nc32)cc1. The highest BCUT2D eigenvalue weighted by Gasteiger charge is 2.34. The summed E-state index contributed by atoms with van der Waals surface area (Å²) in [5, 5.41) is 8.54. The van der Waals surface area contributed by atoms with Gasteiger partial charge in [-0.15, -0.1) is 0 Å². The van der Waals surface area contributed by atoms with Gasteiger partial charge in [0, 0.05) is 25.9 Å². The van der Waals surface area contributed by atoms with Crippen molar-refractivity contribution in [1.29, 1.82) is 5.41 Å². The third kappa shape index (κ3) is 4.84. The van der Waals surface area contributed by atoms with Crippen LogP contribution in [0.2, 0.25) is 0 Å². The van der Waals surface area contributed by atoms with Crippen molar-refractivity contribution in [2.45, 2.75) is 19.3 Å². The average Bonchev–Trinajstić information content (AvgIpc) is 3.39. The summed E-state index contributed by atoms with van der Waals surface area (Å²) in [6.45, 7) is -3.12. The predicted octanol–water partition coefficient (Wildman–Crippen LogP) is 5.12. The minimum atomic E-state index is -4.57. The number of aryl methyl sites for hydroxylation is 2. The number of hydrogen-bond acceptors (Lipinski definition) is 5. The minimum absolute atomic E-state index is 0.0442. The summed E-state index contributed by atoms with van der Waals surface area (Å²) in [5.74, 6) is -1.64. The van der Waals surface area contributed by atoms with Crippen molar-refractivity contribution in [2.24, 2.45) is 14.1 Å². The Labute approximate surface area is 216 Å². The van der Waals surface area contributed by atoms with Crippen molar-refractivity contribution in [3.63, 3.8) is 0 Å². The lowest BCUT2D eigenvalue weighted by Gasteiger charge is -2.11. The Morgan fingerprint density at radius 2 is 1.74 bits per heavy atom. The zero-order chi connectivity index (χ0) is 28.1. The molecule has 0 saturated carbocycles. The number of benzene rings is 2. The van der Waals surface area contributed by atoms with Gasteiger partial charge in [-0.05, 0) is 17.7 Å². The zero-order valence-corrected chi connectivity index (χ0v) is 20.3. The number of hydrogen-bond donors (Lipinski definition) is 1. The van der Waals surface area contributed by atoms with Gasteiger partial charge in [-0.25, -0.2) is 19.3 Å². The molecule has 0 radical (unpaired) electrons. The smallest absolute Gasteiger partial charge is 0.431 e. The van der Waals surface area contributed by atoms with Crippen molar-refractivity contribution >= 4 is 11.2 Å². The lowest BCUT2D eigenvalue weighted by atomic mass is 10.1. The molecule has 0 fully saturated rings. The number of nitrogens with one attached hydrogen (secondary N) is 1. The number of fused-ring (bicyclic) bond motifs is 1. The fraction of sp³-hybridized carbons (Fsp3) is 0.200. The molecular formula is C25H19F6N7O. The summed E-state index contributed by atoms with van der Waals surface area (Å²) in [6, 6.07) is 10.2. The Morgan fingerprint density at radius 3 is 2.38 bits per heavy atom. The molecule has 2 aromatic carbocycles. The normalized spacial score (nSPS) is 12.0. The molecule has 0 aliphatic rings. The van der Waals surface area contributed by atoms with Gasteiger partial charge < -0.3 is 13.9 Å². The molecule has 3 heterocycles. The summed E-state index contributed by atoms with van der Waals surface area (Å²) in [5.41, 5.74) is 0.865. The maximum atomic E-state index is 14.3. The van der Waals surface area contributed by atoms with E-state index in [0.29, 0.717) is 16.6 Å². The average molecular weight is 547 g/mol. The van der Waals surface area contributed by atoms with Gasteiger partial charge in [-0.3, -0.25) is 9.98 Å². The predicted molar refractivity (Wildman–Crippen MR) is 127 cm³/mol. The fourth-order valence-electron chi connectivity index (χ4n) is 4.18. The third-order valence-corrected chi connectivity index (χ3v) is 6.07. The van der Waals surface area contributed by atoms with E-state index in [2.05, 4.69) is 19.7 Å². The van der Waals surface area contributed by atoms with E-state index >= 15 is 0 Å². The van der Waals surface area contributed by atoms with Gasteiger partial charge >= 0.3 is 12.8 Å². The number of rotatable bonds is 6. The van der Waals surface area contributed by atoms with E-state index in [1.165, 1.54) is 39.1 Å². The number of halogens is 6. The van der Waals surface area contributed by atoms with Crippen LogP contribution in [0.3, 0.4) is 0 Å². The first kappa shape index (κ1) is 26.0. The highest BCUT2D eigenvalue weighted by atomic mass is 19.4. The molecule has 0 saturated heterocycles. The highest BCUT2D eigenvalue weighted by Crippen LogP contribution is 2.33. The number of para-hydroxylation sites is 1. The van der Waals surface area contributed by atoms with Crippen molar-refractivity contribution in [3.05, 3.63) is 77.6 Å². The molecule has 0 unspecified atom stereocenters. The van der Waals surface area contributed by atoms with E-state index in [9.17, 15) is 26.3 Å². The summed E-state index contributed by atoms with van der Waals surface area (Å²) in [4.78, 5) is 12.3. The monoisotopic (exact) mass is 547 g/mol. The first-order valence-electron chi connectivity index (χ1n) is 11.3. The van der Waals surface area contributed by atoms with Crippen LogP contribution in [0.25, 0.3) is 33.9 Å². The highest BCUT2D eigenvalue weighted by molar-refractivity contribution is 5.75. The third-order valence-electron chi connectivity index (χ3n) is 6.07. The van der Waals surface area contributed by atoms with E-state index < -0.39 is 30.0 Å². The van der Waals surface area contributed by atoms with Crippen molar-refractivity contribution < 1.29 is 31.1 Å². The van der Waals surface area contributed by atoms with Crippen LogP contribution in [0.1, 0.15) is 11.3 Å². The van der Waals surface area contributed by atoms with E-state index in [0.717, 1.165) is 12.3 Å². The van der Waals surface area contributed by atoms with E-state index in [-0.39, 0.29) is 35.0 Å². The molecular weight excluding hydrogens is 528 g/mol. The van der Waals surface area contributed by atoms with Crippen LogP contribution < -0.4 is 10.4 Å². The molecule has 5 aromatic rings. The molecule has 0 aliphatic carbocycles. The Balaban J connectivity index is 1.52. The fourth-order valence-corrected chi connectivity index (χ4v) is 4.18. The van der Waals surface area contributed by atoms with Gasteiger partial charge in [0.15, 0.2) is 28.7 Å². The maximum Gasteiger partial charge on any atom is 0.434 e. The summed E-state index contributed by atoms with van der Waals surface area (Å²) < 4.78 is 87.9. The lowest BCUT2D eigenvalue weighted by Crippen LogP contribution is -2.23. The first-order valence-corrected chi connectivity index (χ1v) is 11.3. The van der Waals surface area contributed by atoms with Crippen molar-refractivity contribution in [1.82, 2.24) is 28.7 Å². The summed E-state index contributed by atoms with van der Waals surface area (Å²) in [7, 11) is 3.09. The topological polar surface area (TPSA) is 86.5 Å². The van der Waals surface area contributed by atoms with Crippen LogP contribution in [-0.4, -0.2) is 35.3 Å². The maximum absolute atomic E-state index is 14.3. The Hall–Kier alpha value is -4.62.